The van der Waals surface area contributed by atoms with Gasteiger partial charge in [-0.2, -0.15) is 0 Å². The van der Waals surface area contributed by atoms with Gasteiger partial charge in [0.15, 0.2) is 0 Å². The van der Waals surface area contributed by atoms with Gasteiger partial charge >= 0.3 is 0 Å². The molecular formula is C17H21N. The number of hydrogen-bond acceptors (Lipinski definition) is 1. The Balaban J connectivity index is 2.14. The summed E-state index contributed by atoms with van der Waals surface area (Å²) in [5.41, 5.74) is 5.35. The molecule has 18 heavy (non-hydrogen) atoms. The Morgan fingerprint density at radius 1 is 0.833 bits per heavy atom. The Labute approximate surface area is 110 Å². The summed E-state index contributed by atoms with van der Waals surface area (Å²) in [6, 6.07) is 17.9. The van der Waals surface area contributed by atoms with E-state index < -0.39 is 0 Å². The summed E-state index contributed by atoms with van der Waals surface area (Å²) in [5, 5.41) is 3.40. The Morgan fingerprint density at radius 3 is 1.83 bits per heavy atom. The lowest BCUT2D eigenvalue weighted by Gasteiger charge is -2.17. The molecule has 0 saturated carbocycles. The Kier molecular flexibility index (Phi) is 4.16. The summed E-state index contributed by atoms with van der Waals surface area (Å²) in [7, 11) is 2.03. The third-order valence-electron chi connectivity index (χ3n) is 3.39. The number of hydrogen-bond donors (Lipinski definition) is 1. The maximum atomic E-state index is 3.40. The van der Waals surface area contributed by atoms with E-state index in [1.807, 2.05) is 7.05 Å². The van der Waals surface area contributed by atoms with E-state index in [4.69, 9.17) is 0 Å². The molecule has 0 aromatic heterocycles. The molecule has 0 unspecified atom stereocenters. The smallest absolute Gasteiger partial charge is 0.0358 e. The molecule has 1 nitrogen and oxygen atoms in total. The molecule has 0 aliphatic rings. The van der Waals surface area contributed by atoms with Gasteiger partial charge in [0.1, 0.15) is 0 Å². The molecule has 0 saturated heterocycles. The first kappa shape index (κ1) is 12.8. The van der Waals surface area contributed by atoms with Crippen LogP contribution >= 0.6 is 0 Å². The van der Waals surface area contributed by atoms with Gasteiger partial charge in [0.25, 0.3) is 0 Å². The summed E-state index contributed by atoms with van der Waals surface area (Å²) in [6.07, 6.45) is 1.03. The van der Waals surface area contributed by atoms with Crippen LogP contribution in [-0.4, -0.2) is 7.05 Å². The van der Waals surface area contributed by atoms with Crippen LogP contribution < -0.4 is 5.32 Å². The average molecular weight is 239 g/mol. The zero-order valence-corrected chi connectivity index (χ0v) is 11.4. The van der Waals surface area contributed by atoms with Crippen LogP contribution in [0.3, 0.4) is 0 Å². The fraction of sp³-hybridized carbons (Fsp3) is 0.294. The fourth-order valence-electron chi connectivity index (χ4n) is 2.15. The van der Waals surface area contributed by atoms with Crippen LogP contribution in [0.5, 0.6) is 0 Å². The minimum atomic E-state index is 0.383. The van der Waals surface area contributed by atoms with Gasteiger partial charge < -0.3 is 5.32 Å². The molecule has 1 heteroatoms. The molecule has 0 heterocycles. The van der Waals surface area contributed by atoms with Gasteiger partial charge in [-0.25, -0.2) is 0 Å². The summed E-state index contributed by atoms with van der Waals surface area (Å²) < 4.78 is 0. The molecule has 1 N–H and O–H groups in total. The standard InChI is InChI=1S/C17H21N/c1-13-4-8-15(9-5-13)12-17(18-3)16-10-6-14(2)7-11-16/h4-11,17-18H,12H2,1-3H3/t17-/m1/s1. The maximum absolute atomic E-state index is 3.40. The van der Waals surface area contributed by atoms with Crippen molar-refractivity contribution in [3.8, 4) is 0 Å². The van der Waals surface area contributed by atoms with Crippen molar-refractivity contribution >= 4 is 0 Å². The molecule has 0 aliphatic heterocycles. The summed E-state index contributed by atoms with van der Waals surface area (Å²) in [4.78, 5) is 0. The molecule has 2 rings (SSSR count). The number of rotatable bonds is 4. The lowest BCUT2D eigenvalue weighted by atomic mass is 9.98. The monoisotopic (exact) mass is 239 g/mol. The SMILES string of the molecule is CN[C@H](Cc1ccc(C)cc1)c1ccc(C)cc1. The van der Waals surface area contributed by atoms with Crippen molar-refractivity contribution in [3.63, 3.8) is 0 Å². The molecular weight excluding hydrogens is 218 g/mol. The third-order valence-corrected chi connectivity index (χ3v) is 3.39. The largest absolute Gasteiger partial charge is 0.313 e. The molecule has 2 aromatic carbocycles. The van der Waals surface area contributed by atoms with Gasteiger partial charge in [-0.1, -0.05) is 59.7 Å². The second-order valence-electron chi connectivity index (χ2n) is 4.94. The van der Waals surface area contributed by atoms with Crippen LogP contribution in [0.1, 0.15) is 28.3 Å². The van der Waals surface area contributed by atoms with Gasteiger partial charge in [0.05, 0.1) is 0 Å². The van der Waals surface area contributed by atoms with Crippen LogP contribution in [0.4, 0.5) is 0 Å². The normalized spacial score (nSPS) is 12.4. The fourth-order valence-corrected chi connectivity index (χ4v) is 2.15. The molecule has 0 fully saturated rings. The molecule has 0 amide bonds. The van der Waals surface area contributed by atoms with E-state index in [1.54, 1.807) is 0 Å². The highest BCUT2D eigenvalue weighted by Gasteiger charge is 2.09. The van der Waals surface area contributed by atoms with E-state index in [1.165, 1.54) is 22.3 Å². The molecule has 0 radical (unpaired) electrons. The van der Waals surface area contributed by atoms with E-state index in [2.05, 4.69) is 67.7 Å². The van der Waals surface area contributed by atoms with E-state index in [0.717, 1.165) is 6.42 Å². The van der Waals surface area contributed by atoms with Crippen molar-refractivity contribution in [2.75, 3.05) is 7.05 Å². The third kappa shape index (κ3) is 3.21. The molecule has 1 atom stereocenters. The second-order valence-corrected chi connectivity index (χ2v) is 4.94. The van der Waals surface area contributed by atoms with E-state index in [0.29, 0.717) is 6.04 Å². The number of likely N-dealkylation sites (N-methyl/N-ethyl adjacent to an activating group) is 1. The van der Waals surface area contributed by atoms with Gasteiger partial charge in [0, 0.05) is 6.04 Å². The lowest BCUT2D eigenvalue weighted by Crippen LogP contribution is -2.18. The Morgan fingerprint density at radius 2 is 1.33 bits per heavy atom. The lowest BCUT2D eigenvalue weighted by molar-refractivity contribution is 0.592. The number of benzene rings is 2. The number of aryl methyl sites for hydroxylation is 2. The zero-order valence-electron chi connectivity index (χ0n) is 11.4. The molecule has 0 bridgehead atoms. The second kappa shape index (κ2) is 5.83. The Hall–Kier alpha value is -1.60. The van der Waals surface area contributed by atoms with E-state index >= 15 is 0 Å². The minimum Gasteiger partial charge on any atom is -0.313 e. The molecule has 2 aromatic rings. The van der Waals surface area contributed by atoms with Crippen molar-refractivity contribution in [3.05, 3.63) is 70.8 Å². The van der Waals surface area contributed by atoms with Gasteiger partial charge in [-0.3, -0.25) is 0 Å². The van der Waals surface area contributed by atoms with Crippen molar-refractivity contribution in [2.24, 2.45) is 0 Å². The highest BCUT2D eigenvalue weighted by molar-refractivity contribution is 5.28. The average Bonchev–Trinajstić information content (AvgIpc) is 2.39. The van der Waals surface area contributed by atoms with E-state index in [-0.39, 0.29) is 0 Å². The zero-order chi connectivity index (χ0) is 13.0. The molecule has 0 aliphatic carbocycles. The van der Waals surface area contributed by atoms with Crippen molar-refractivity contribution in [1.29, 1.82) is 0 Å². The summed E-state index contributed by atoms with van der Waals surface area (Å²) in [6.45, 7) is 4.25. The van der Waals surface area contributed by atoms with E-state index in [9.17, 15) is 0 Å². The first-order valence-corrected chi connectivity index (χ1v) is 6.48. The molecule has 0 spiro atoms. The number of nitrogens with one attached hydrogen (secondary N) is 1. The van der Waals surface area contributed by atoms with Crippen molar-refractivity contribution < 1.29 is 0 Å². The first-order chi connectivity index (χ1) is 8.69. The van der Waals surface area contributed by atoms with Crippen LogP contribution in [0.2, 0.25) is 0 Å². The van der Waals surface area contributed by atoms with Gasteiger partial charge in [-0.05, 0) is 38.4 Å². The summed E-state index contributed by atoms with van der Waals surface area (Å²) in [5.74, 6) is 0. The highest BCUT2D eigenvalue weighted by Crippen LogP contribution is 2.19. The predicted molar refractivity (Wildman–Crippen MR) is 77.9 cm³/mol. The molecule has 94 valence electrons. The quantitative estimate of drug-likeness (QED) is 0.855. The van der Waals surface area contributed by atoms with Crippen LogP contribution in [0.25, 0.3) is 0 Å². The van der Waals surface area contributed by atoms with Crippen molar-refractivity contribution in [2.45, 2.75) is 26.3 Å². The minimum absolute atomic E-state index is 0.383. The van der Waals surface area contributed by atoms with Crippen LogP contribution in [0, 0.1) is 13.8 Å². The van der Waals surface area contributed by atoms with Gasteiger partial charge in [-0.15, -0.1) is 0 Å². The predicted octanol–water partition coefficient (Wildman–Crippen LogP) is 3.81. The Bertz CT molecular complexity index is 482. The first-order valence-electron chi connectivity index (χ1n) is 6.48. The van der Waals surface area contributed by atoms with Crippen LogP contribution in [-0.2, 0) is 6.42 Å². The van der Waals surface area contributed by atoms with Crippen molar-refractivity contribution in [1.82, 2.24) is 5.32 Å². The highest BCUT2D eigenvalue weighted by atomic mass is 14.9. The maximum Gasteiger partial charge on any atom is 0.0358 e. The van der Waals surface area contributed by atoms with Gasteiger partial charge in [0.2, 0.25) is 0 Å². The topological polar surface area (TPSA) is 12.0 Å². The summed E-state index contributed by atoms with van der Waals surface area (Å²) >= 11 is 0. The van der Waals surface area contributed by atoms with Crippen LogP contribution in [0.15, 0.2) is 48.5 Å².